The van der Waals surface area contributed by atoms with E-state index in [4.69, 9.17) is 5.73 Å². The van der Waals surface area contributed by atoms with Crippen LogP contribution in [0.3, 0.4) is 0 Å². The number of benzene rings is 1. The summed E-state index contributed by atoms with van der Waals surface area (Å²) >= 11 is 0. The van der Waals surface area contributed by atoms with E-state index in [1.54, 1.807) is 40.6 Å². The molecule has 1 aliphatic rings. The Morgan fingerprint density at radius 2 is 2.15 bits per heavy atom. The summed E-state index contributed by atoms with van der Waals surface area (Å²) in [5.41, 5.74) is 8.00. The number of halogens is 1. The largest absolute Gasteiger partial charge is 0.340 e. The summed E-state index contributed by atoms with van der Waals surface area (Å²) in [6, 6.07) is 3.96. The van der Waals surface area contributed by atoms with Crippen LogP contribution in [0.5, 0.6) is 0 Å². The normalized spacial score (nSPS) is 19.9. The van der Waals surface area contributed by atoms with Crippen LogP contribution in [0.25, 0.3) is 5.69 Å². The number of hydrogen-bond acceptors (Lipinski definition) is 4. The lowest BCUT2D eigenvalue weighted by atomic mass is 10.0. The Kier molecular flexibility index (Phi) is 4.04. The molecule has 0 bridgehead atoms. The third-order valence-corrected chi connectivity index (χ3v) is 4.73. The fourth-order valence-electron chi connectivity index (χ4n) is 3.41. The fourth-order valence-corrected chi connectivity index (χ4v) is 3.41. The van der Waals surface area contributed by atoms with Crippen LogP contribution in [0, 0.1) is 5.82 Å². The van der Waals surface area contributed by atoms with E-state index in [1.807, 2.05) is 17.8 Å². The van der Waals surface area contributed by atoms with Crippen molar-refractivity contribution in [2.45, 2.75) is 12.0 Å². The Morgan fingerprint density at radius 3 is 2.85 bits per heavy atom. The number of aromatic nitrogens is 4. The Hall–Kier alpha value is -3.00. The molecule has 4 rings (SSSR count). The number of carbonyl (C=O) groups excluding carboxylic acids is 1. The van der Waals surface area contributed by atoms with Crippen molar-refractivity contribution in [3.63, 3.8) is 0 Å². The van der Waals surface area contributed by atoms with Crippen molar-refractivity contribution in [1.82, 2.24) is 24.0 Å². The van der Waals surface area contributed by atoms with Crippen molar-refractivity contribution in [3.8, 4) is 5.69 Å². The lowest BCUT2D eigenvalue weighted by Crippen LogP contribution is -2.32. The number of nitrogens with two attached hydrogens (primary N) is 1. The molecule has 0 radical (unpaired) electrons. The van der Waals surface area contributed by atoms with Crippen LogP contribution >= 0.6 is 0 Å². The zero-order chi connectivity index (χ0) is 18.3. The second kappa shape index (κ2) is 6.38. The average molecular weight is 354 g/mol. The van der Waals surface area contributed by atoms with Crippen LogP contribution in [0.1, 0.15) is 22.0 Å². The summed E-state index contributed by atoms with van der Waals surface area (Å²) in [5, 5.41) is 0. The van der Waals surface area contributed by atoms with Gasteiger partial charge in [0.15, 0.2) is 0 Å². The van der Waals surface area contributed by atoms with Crippen LogP contribution in [-0.2, 0) is 7.05 Å². The number of amides is 1. The number of aryl methyl sites for hydroxylation is 1. The molecule has 2 aromatic heterocycles. The maximum absolute atomic E-state index is 13.8. The topological polar surface area (TPSA) is 82.0 Å². The zero-order valence-electron chi connectivity index (χ0n) is 14.3. The Bertz CT molecular complexity index is 935. The molecule has 0 unspecified atom stereocenters. The van der Waals surface area contributed by atoms with Crippen LogP contribution < -0.4 is 5.73 Å². The first kappa shape index (κ1) is 16.5. The molecule has 2 atom stereocenters. The number of hydrogen-bond donors (Lipinski definition) is 1. The van der Waals surface area contributed by atoms with Crippen LogP contribution in [0.15, 0.2) is 49.4 Å². The first-order valence-corrected chi connectivity index (χ1v) is 8.33. The lowest BCUT2D eigenvalue weighted by molar-refractivity contribution is 0.0788. The van der Waals surface area contributed by atoms with Crippen LogP contribution in [-0.4, -0.2) is 49.0 Å². The smallest absolute Gasteiger partial charge is 0.256 e. The molecule has 2 N–H and O–H groups in total. The fraction of sp³-hybridized carbons (Fsp3) is 0.278. The number of likely N-dealkylation sites (tertiary alicyclic amines) is 1. The Labute approximate surface area is 149 Å². The second-order valence-corrected chi connectivity index (χ2v) is 6.58. The minimum atomic E-state index is -0.456. The summed E-state index contributed by atoms with van der Waals surface area (Å²) in [6.07, 6.45) is 8.54. The molecule has 1 aliphatic heterocycles. The minimum Gasteiger partial charge on any atom is -0.340 e. The van der Waals surface area contributed by atoms with Gasteiger partial charge < -0.3 is 19.8 Å². The highest BCUT2D eigenvalue weighted by Crippen LogP contribution is 2.28. The van der Waals surface area contributed by atoms with E-state index in [0.29, 0.717) is 18.8 Å². The molecule has 0 saturated carbocycles. The van der Waals surface area contributed by atoms with E-state index in [2.05, 4.69) is 9.97 Å². The number of carbonyl (C=O) groups is 1. The van der Waals surface area contributed by atoms with Crippen molar-refractivity contribution in [2.75, 3.05) is 13.1 Å². The van der Waals surface area contributed by atoms with Gasteiger partial charge in [0.1, 0.15) is 5.82 Å². The van der Waals surface area contributed by atoms with Crippen molar-refractivity contribution in [1.29, 1.82) is 0 Å². The molecule has 134 valence electrons. The van der Waals surface area contributed by atoms with Crippen molar-refractivity contribution < 1.29 is 9.18 Å². The third kappa shape index (κ3) is 2.88. The first-order chi connectivity index (χ1) is 12.5. The standard InChI is InChI=1S/C18H19FN6O/c1-23-9-16(22-11-23)14-7-25(8-15(14)20)18(26)13-6-12(19)2-3-17(13)24-5-4-21-10-24/h2-6,9-11,14-15H,7-8,20H2,1H3/t14-,15-/m1/s1. The molecular formula is C18H19FN6O. The highest BCUT2D eigenvalue weighted by atomic mass is 19.1. The maximum atomic E-state index is 13.8. The van der Waals surface area contributed by atoms with Gasteiger partial charge in [-0.2, -0.15) is 0 Å². The van der Waals surface area contributed by atoms with E-state index >= 15 is 0 Å². The van der Waals surface area contributed by atoms with Gasteiger partial charge in [-0.05, 0) is 18.2 Å². The van der Waals surface area contributed by atoms with Gasteiger partial charge in [-0.1, -0.05) is 0 Å². The molecule has 26 heavy (non-hydrogen) atoms. The predicted octanol–water partition coefficient (Wildman–Crippen LogP) is 1.31. The van der Waals surface area contributed by atoms with Gasteiger partial charge in [-0.25, -0.2) is 14.4 Å². The second-order valence-electron chi connectivity index (χ2n) is 6.58. The molecular weight excluding hydrogens is 335 g/mol. The summed E-state index contributed by atoms with van der Waals surface area (Å²) < 4.78 is 17.4. The summed E-state index contributed by atoms with van der Waals surface area (Å²) in [4.78, 5) is 23.1. The van der Waals surface area contributed by atoms with E-state index in [-0.39, 0.29) is 23.4 Å². The van der Waals surface area contributed by atoms with Gasteiger partial charge in [0.05, 0.1) is 29.6 Å². The van der Waals surface area contributed by atoms with Gasteiger partial charge in [-0.3, -0.25) is 4.79 Å². The summed E-state index contributed by atoms with van der Waals surface area (Å²) in [7, 11) is 1.89. The Morgan fingerprint density at radius 1 is 1.31 bits per heavy atom. The molecule has 1 amide bonds. The van der Waals surface area contributed by atoms with E-state index in [0.717, 1.165) is 5.69 Å². The molecule has 8 heteroatoms. The summed E-state index contributed by atoms with van der Waals surface area (Å²) in [6.45, 7) is 0.858. The van der Waals surface area contributed by atoms with Crippen molar-refractivity contribution in [2.24, 2.45) is 12.8 Å². The highest BCUT2D eigenvalue weighted by molar-refractivity contribution is 5.98. The number of imidazole rings is 2. The highest BCUT2D eigenvalue weighted by Gasteiger charge is 2.36. The van der Waals surface area contributed by atoms with Crippen LogP contribution in [0.2, 0.25) is 0 Å². The predicted molar refractivity (Wildman–Crippen MR) is 93.3 cm³/mol. The molecule has 3 aromatic rings. The average Bonchev–Trinajstić information content (AvgIpc) is 3.35. The molecule has 1 saturated heterocycles. The first-order valence-electron chi connectivity index (χ1n) is 8.33. The zero-order valence-corrected chi connectivity index (χ0v) is 14.3. The molecule has 0 aliphatic carbocycles. The van der Waals surface area contributed by atoms with E-state index < -0.39 is 5.82 Å². The van der Waals surface area contributed by atoms with Crippen LogP contribution in [0.4, 0.5) is 4.39 Å². The molecule has 3 heterocycles. The van der Waals surface area contributed by atoms with E-state index in [9.17, 15) is 9.18 Å². The van der Waals surface area contributed by atoms with E-state index in [1.165, 1.54) is 12.1 Å². The third-order valence-electron chi connectivity index (χ3n) is 4.73. The van der Waals surface area contributed by atoms with Crippen molar-refractivity contribution in [3.05, 3.63) is 66.5 Å². The van der Waals surface area contributed by atoms with Gasteiger partial charge in [0, 0.05) is 50.7 Å². The SMILES string of the molecule is Cn1cnc([C@@H]2CN(C(=O)c3cc(F)ccc3-n3ccnc3)C[C@H]2N)c1. The summed E-state index contributed by atoms with van der Waals surface area (Å²) in [5.74, 6) is -0.741. The lowest BCUT2D eigenvalue weighted by Gasteiger charge is -2.18. The Balaban J connectivity index is 1.64. The van der Waals surface area contributed by atoms with Gasteiger partial charge in [0.2, 0.25) is 0 Å². The maximum Gasteiger partial charge on any atom is 0.256 e. The monoisotopic (exact) mass is 354 g/mol. The molecule has 1 aromatic carbocycles. The minimum absolute atomic E-state index is 0.0367. The quantitative estimate of drug-likeness (QED) is 0.769. The molecule has 1 fully saturated rings. The van der Waals surface area contributed by atoms with Gasteiger partial charge in [-0.15, -0.1) is 0 Å². The molecule has 7 nitrogen and oxygen atoms in total. The van der Waals surface area contributed by atoms with Gasteiger partial charge >= 0.3 is 0 Å². The number of nitrogens with zero attached hydrogens (tertiary/aromatic N) is 5. The van der Waals surface area contributed by atoms with Gasteiger partial charge in [0.25, 0.3) is 5.91 Å². The molecule has 0 spiro atoms. The number of rotatable bonds is 3. The van der Waals surface area contributed by atoms with Crippen molar-refractivity contribution >= 4 is 5.91 Å².